The minimum Gasteiger partial charge on any atom is -0.289 e. The summed E-state index contributed by atoms with van der Waals surface area (Å²) in [6.07, 6.45) is 0. The highest BCUT2D eigenvalue weighted by atomic mass is 32.2. The monoisotopic (exact) mass is 236 g/mol. The van der Waals surface area contributed by atoms with Gasteiger partial charge in [0.1, 0.15) is 6.04 Å². The van der Waals surface area contributed by atoms with Crippen molar-refractivity contribution in [3.8, 4) is 0 Å². The number of aryl methyl sites for hydroxylation is 1. The Bertz CT molecular complexity index is 428. The maximum absolute atomic E-state index is 11.2. The van der Waals surface area contributed by atoms with Gasteiger partial charge in [-0.05, 0) is 6.92 Å². The zero-order valence-electron chi connectivity index (χ0n) is 8.80. The van der Waals surface area contributed by atoms with Gasteiger partial charge in [0.25, 0.3) is 5.91 Å². The van der Waals surface area contributed by atoms with Crippen LogP contribution in [0.3, 0.4) is 0 Å². The molecule has 1 aromatic rings. The number of hydrogen-bond acceptors (Lipinski definition) is 4. The molecule has 5 heteroatoms. The fraction of sp³-hybridized carbons (Fsp3) is 0.273. The van der Waals surface area contributed by atoms with Crippen LogP contribution in [0.4, 0.5) is 0 Å². The molecule has 1 unspecified atom stereocenters. The molecule has 0 fully saturated rings. The summed E-state index contributed by atoms with van der Waals surface area (Å²) < 4.78 is 0. The molecule has 0 saturated carbocycles. The molecule has 84 valence electrons. The predicted molar refractivity (Wildman–Crippen MR) is 63.9 cm³/mol. The molecule has 16 heavy (non-hydrogen) atoms. The number of hydrogen-bond donors (Lipinski definition) is 2. The zero-order chi connectivity index (χ0) is 11.5. The standard InChI is InChI=1S/C11H12N2O2S/c1-7-2-4-8(5-3-7)11-12-9(6-16-11)10(14)13-15/h2-5,9,15H,6H2,1H3,(H,13,14). The third-order valence-corrected chi connectivity index (χ3v) is 3.46. The van der Waals surface area contributed by atoms with Crippen LogP contribution in [-0.4, -0.2) is 28.0 Å². The Morgan fingerprint density at radius 3 is 2.81 bits per heavy atom. The topological polar surface area (TPSA) is 61.7 Å². The molecule has 0 bridgehead atoms. The molecular weight excluding hydrogens is 224 g/mol. The molecule has 0 aliphatic carbocycles. The Kier molecular flexibility index (Phi) is 3.26. The number of benzene rings is 1. The number of amides is 1. The fourth-order valence-corrected chi connectivity index (χ4v) is 2.48. The number of carbonyl (C=O) groups is 1. The first kappa shape index (κ1) is 11.2. The third-order valence-electron chi connectivity index (χ3n) is 2.36. The summed E-state index contributed by atoms with van der Waals surface area (Å²) in [5.74, 6) is 0.130. The molecular formula is C11H12N2O2S. The number of nitrogens with zero attached hydrogens (tertiary/aromatic N) is 1. The molecule has 1 amide bonds. The van der Waals surface area contributed by atoms with Crippen LogP contribution in [0.2, 0.25) is 0 Å². The van der Waals surface area contributed by atoms with Gasteiger partial charge in [0.05, 0.1) is 5.04 Å². The van der Waals surface area contributed by atoms with E-state index in [2.05, 4.69) is 4.99 Å². The lowest BCUT2D eigenvalue weighted by Crippen LogP contribution is -2.31. The Hall–Kier alpha value is -1.33. The van der Waals surface area contributed by atoms with Crippen molar-refractivity contribution in [2.24, 2.45) is 4.99 Å². The first-order chi connectivity index (χ1) is 7.70. The van der Waals surface area contributed by atoms with E-state index in [4.69, 9.17) is 5.21 Å². The number of hydroxylamine groups is 1. The second kappa shape index (κ2) is 4.67. The number of aliphatic imine (C=N–C) groups is 1. The number of carbonyl (C=O) groups excluding carboxylic acids is 1. The van der Waals surface area contributed by atoms with E-state index in [-0.39, 0.29) is 0 Å². The van der Waals surface area contributed by atoms with Crippen LogP contribution in [0.15, 0.2) is 29.3 Å². The van der Waals surface area contributed by atoms with E-state index in [9.17, 15) is 4.79 Å². The van der Waals surface area contributed by atoms with Gasteiger partial charge in [0.15, 0.2) is 0 Å². The Labute approximate surface area is 97.7 Å². The van der Waals surface area contributed by atoms with Gasteiger partial charge in [-0.25, -0.2) is 5.48 Å². The molecule has 0 radical (unpaired) electrons. The van der Waals surface area contributed by atoms with Crippen LogP contribution < -0.4 is 5.48 Å². The molecule has 2 rings (SSSR count). The highest BCUT2D eigenvalue weighted by Crippen LogP contribution is 2.23. The van der Waals surface area contributed by atoms with Crippen LogP contribution in [0, 0.1) is 6.92 Å². The first-order valence-electron chi connectivity index (χ1n) is 4.92. The molecule has 0 aromatic heterocycles. The Morgan fingerprint density at radius 2 is 2.19 bits per heavy atom. The summed E-state index contributed by atoms with van der Waals surface area (Å²) in [6, 6.07) is 7.52. The second-order valence-corrected chi connectivity index (χ2v) is 4.61. The summed E-state index contributed by atoms with van der Waals surface area (Å²) >= 11 is 1.53. The van der Waals surface area contributed by atoms with Gasteiger partial charge in [0.2, 0.25) is 0 Å². The van der Waals surface area contributed by atoms with Crippen molar-refractivity contribution in [2.45, 2.75) is 13.0 Å². The maximum Gasteiger partial charge on any atom is 0.269 e. The van der Waals surface area contributed by atoms with Gasteiger partial charge in [0, 0.05) is 11.3 Å². The molecule has 2 N–H and O–H groups in total. The van der Waals surface area contributed by atoms with Crippen LogP contribution in [-0.2, 0) is 4.79 Å². The zero-order valence-corrected chi connectivity index (χ0v) is 9.62. The third kappa shape index (κ3) is 2.25. The van der Waals surface area contributed by atoms with E-state index in [1.54, 1.807) is 5.48 Å². The Morgan fingerprint density at radius 1 is 1.50 bits per heavy atom. The van der Waals surface area contributed by atoms with Crippen LogP contribution in [0.1, 0.15) is 11.1 Å². The van der Waals surface area contributed by atoms with E-state index in [0.29, 0.717) is 5.75 Å². The van der Waals surface area contributed by atoms with E-state index in [1.807, 2.05) is 31.2 Å². The summed E-state index contributed by atoms with van der Waals surface area (Å²) in [5, 5.41) is 9.37. The lowest BCUT2D eigenvalue weighted by molar-refractivity contribution is -0.129. The maximum atomic E-state index is 11.2. The van der Waals surface area contributed by atoms with Crippen LogP contribution in [0.25, 0.3) is 0 Å². The van der Waals surface area contributed by atoms with Gasteiger partial charge < -0.3 is 0 Å². The van der Waals surface area contributed by atoms with Crippen molar-refractivity contribution >= 4 is 22.7 Å². The van der Waals surface area contributed by atoms with Gasteiger partial charge in [-0.1, -0.05) is 29.8 Å². The fourth-order valence-electron chi connectivity index (χ4n) is 1.44. The summed E-state index contributed by atoms with van der Waals surface area (Å²) in [5.41, 5.74) is 3.84. The molecule has 0 spiro atoms. The lowest BCUT2D eigenvalue weighted by Gasteiger charge is -2.00. The van der Waals surface area contributed by atoms with Crippen molar-refractivity contribution in [3.63, 3.8) is 0 Å². The minimum absolute atomic E-state index is 0.449. The molecule has 1 aromatic carbocycles. The van der Waals surface area contributed by atoms with Crippen LogP contribution in [0.5, 0.6) is 0 Å². The van der Waals surface area contributed by atoms with E-state index >= 15 is 0 Å². The summed E-state index contributed by atoms with van der Waals surface area (Å²) in [6.45, 7) is 2.02. The number of thioether (sulfide) groups is 1. The van der Waals surface area contributed by atoms with Crippen molar-refractivity contribution in [1.29, 1.82) is 0 Å². The number of rotatable bonds is 2. The minimum atomic E-state index is -0.480. The predicted octanol–water partition coefficient (Wildman–Crippen LogP) is 1.36. The van der Waals surface area contributed by atoms with Crippen molar-refractivity contribution in [2.75, 3.05) is 5.75 Å². The van der Waals surface area contributed by atoms with Gasteiger partial charge >= 0.3 is 0 Å². The second-order valence-electron chi connectivity index (χ2n) is 3.60. The smallest absolute Gasteiger partial charge is 0.269 e. The summed E-state index contributed by atoms with van der Waals surface area (Å²) in [7, 11) is 0. The summed E-state index contributed by atoms with van der Waals surface area (Å²) in [4.78, 5) is 15.4. The van der Waals surface area contributed by atoms with Crippen molar-refractivity contribution < 1.29 is 10.0 Å². The van der Waals surface area contributed by atoms with E-state index < -0.39 is 11.9 Å². The van der Waals surface area contributed by atoms with Crippen LogP contribution >= 0.6 is 11.8 Å². The first-order valence-corrected chi connectivity index (χ1v) is 5.91. The average Bonchev–Trinajstić information content (AvgIpc) is 2.78. The highest BCUT2D eigenvalue weighted by Gasteiger charge is 2.25. The average molecular weight is 236 g/mol. The molecule has 1 aliphatic rings. The largest absolute Gasteiger partial charge is 0.289 e. The quantitative estimate of drug-likeness (QED) is 0.602. The van der Waals surface area contributed by atoms with Gasteiger partial charge in [-0.2, -0.15) is 0 Å². The normalized spacial score (nSPS) is 19.4. The van der Waals surface area contributed by atoms with Crippen molar-refractivity contribution in [3.05, 3.63) is 35.4 Å². The van der Waals surface area contributed by atoms with Crippen molar-refractivity contribution in [1.82, 2.24) is 5.48 Å². The van der Waals surface area contributed by atoms with Gasteiger partial charge in [-0.3, -0.25) is 15.0 Å². The highest BCUT2D eigenvalue weighted by molar-refractivity contribution is 8.14. The molecule has 0 saturated heterocycles. The van der Waals surface area contributed by atoms with E-state index in [1.165, 1.54) is 17.3 Å². The number of nitrogens with one attached hydrogen (secondary N) is 1. The Balaban J connectivity index is 2.17. The van der Waals surface area contributed by atoms with E-state index in [0.717, 1.165) is 10.6 Å². The molecule has 1 aliphatic heterocycles. The molecule has 1 heterocycles. The van der Waals surface area contributed by atoms with Gasteiger partial charge in [-0.15, -0.1) is 11.8 Å². The molecule has 4 nitrogen and oxygen atoms in total. The SMILES string of the molecule is Cc1ccc(C2=NC(C(=O)NO)CS2)cc1. The molecule has 1 atom stereocenters. The lowest BCUT2D eigenvalue weighted by atomic mass is 10.2.